The van der Waals surface area contributed by atoms with Gasteiger partial charge in [0.2, 0.25) is 5.91 Å². The number of benzene rings is 1. The molecule has 7 heteroatoms. The maximum atomic E-state index is 12.0. The molecule has 0 saturated carbocycles. The summed E-state index contributed by atoms with van der Waals surface area (Å²) in [6, 6.07) is 6.89. The van der Waals surface area contributed by atoms with Crippen molar-refractivity contribution in [2.75, 3.05) is 32.0 Å². The van der Waals surface area contributed by atoms with Gasteiger partial charge in [-0.05, 0) is 42.7 Å². The molecule has 1 N–H and O–H groups in total. The number of hydrogen-bond donors (Lipinski definition) is 1. The Hall–Kier alpha value is -1.34. The molecule has 1 aromatic rings. The normalized spacial score (nSPS) is 11.6. The van der Waals surface area contributed by atoms with Crippen LogP contribution in [0.5, 0.6) is 5.75 Å². The molecule has 0 aromatic heterocycles. The van der Waals surface area contributed by atoms with Gasteiger partial charge in [0.1, 0.15) is 11.8 Å². The number of carbonyl (C=O) groups is 2. The lowest BCUT2D eigenvalue weighted by molar-refractivity contribution is -0.144. The molecular formula is C15H21NO4S2. The van der Waals surface area contributed by atoms with Crippen molar-refractivity contribution in [1.82, 2.24) is 5.32 Å². The van der Waals surface area contributed by atoms with Crippen LogP contribution >= 0.6 is 23.5 Å². The third-order valence-electron chi connectivity index (χ3n) is 2.86. The van der Waals surface area contributed by atoms with Crippen molar-refractivity contribution in [3.63, 3.8) is 0 Å². The molecule has 22 heavy (non-hydrogen) atoms. The molecule has 1 amide bonds. The third-order valence-corrected chi connectivity index (χ3v) is 4.52. The number of thioether (sulfide) groups is 2. The van der Waals surface area contributed by atoms with Crippen LogP contribution in [0, 0.1) is 0 Å². The highest BCUT2D eigenvalue weighted by Crippen LogP contribution is 2.21. The van der Waals surface area contributed by atoms with Crippen molar-refractivity contribution >= 4 is 35.4 Å². The van der Waals surface area contributed by atoms with E-state index in [1.807, 2.05) is 30.5 Å². The van der Waals surface area contributed by atoms with Crippen molar-refractivity contribution in [3.8, 4) is 5.75 Å². The number of methoxy groups -OCH3 is 2. The maximum absolute atomic E-state index is 12.0. The van der Waals surface area contributed by atoms with Gasteiger partial charge in [-0.1, -0.05) is 0 Å². The van der Waals surface area contributed by atoms with Crippen LogP contribution in [-0.2, 0) is 14.3 Å². The lowest BCUT2D eigenvalue weighted by Gasteiger charge is -2.15. The summed E-state index contributed by atoms with van der Waals surface area (Å²) in [4.78, 5) is 24.6. The summed E-state index contributed by atoms with van der Waals surface area (Å²) in [5.41, 5.74) is 0. The molecule has 0 heterocycles. The van der Waals surface area contributed by atoms with E-state index in [1.165, 1.54) is 18.9 Å². The van der Waals surface area contributed by atoms with Crippen molar-refractivity contribution < 1.29 is 19.1 Å². The SMILES string of the molecule is COC(=O)[C@H](CCSC)NC(=O)CSc1ccc(OC)cc1. The van der Waals surface area contributed by atoms with Gasteiger partial charge >= 0.3 is 5.97 Å². The van der Waals surface area contributed by atoms with Gasteiger partial charge in [0.15, 0.2) is 0 Å². The Kier molecular flexibility index (Phi) is 8.84. The summed E-state index contributed by atoms with van der Waals surface area (Å²) >= 11 is 3.03. The van der Waals surface area contributed by atoms with Crippen molar-refractivity contribution in [2.24, 2.45) is 0 Å². The first-order valence-electron chi connectivity index (χ1n) is 6.73. The molecule has 0 fully saturated rings. The first-order chi connectivity index (χ1) is 10.6. The van der Waals surface area contributed by atoms with E-state index in [1.54, 1.807) is 18.9 Å². The maximum Gasteiger partial charge on any atom is 0.328 e. The number of carbonyl (C=O) groups excluding carboxylic acids is 2. The highest BCUT2D eigenvalue weighted by molar-refractivity contribution is 8.00. The summed E-state index contributed by atoms with van der Waals surface area (Å²) in [6.07, 6.45) is 2.52. The van der Waals surface area contributed by atoms with Gasteiger partial charge in [0, 0.05) is 4.90 Å². The Balaban J connectivity index is 2.46. The van der Waals surface area contributed by atoms with Crippen LogP contribution in [0.4, 0.5) is 0 Å². The van der Waals surface area contributed by atoms with E-state index < -0.39 is 12.0 Å². The summed E-state index contributed by atoms with van der Waals surface area (Å²) in [7, 11) is 2.93. The van der Waals surface area contributed by atoms with Crippen molar-refractivity contribution in [1.29, 1.82) is 0 Å². The van der Waals surface area contributed by atoms with Crippen molar-refractivity contribution in [3.05, 3.63) is 24.3 Å². The molecule has 5 nitrogen and oxygen atoms in total. The highest BCUT2D eigenvalue weighted by Gasteiger charge is 2.20. The van der Waals surface area contributed by atoms with Crippen molar-refractivity contribution in [2.45, 2.75) is 17.4 Å². The standard InChI is InChI=1S/C15H21NO4S2/c1-19-11-4-6-12(7-5-11)22-10-14(17)16-13(8-9-21-3)15(18)20-2/h4-7,13H,8-10H2,1-3H3,(H,16,17)/t13-/m0/s1. The molecule has 122 valence electrons. The van der Waals surface area contributed by atoms with E-state index in [2.05, 4.69) is 5.32 Å². The molecule has 0 unspecified atom stereocenters. The van der Waals surface area contributed by atoms with Crippen LogP contribution in [0.1, 0.15) is 6.42 Å². The zero-order chi connectivity index (χ0) is 16.4. The minimum Gasteiger partial charge on any atom is -0.497 e. The largest absolute Gasteiger partial charge is 0.497 e. The lowest BCUT2D eigenvalue weighted by Crippen LogP contribution is -2.42. The van der Waals surface area contributed by atoms with E-state index in [4.69, 9.17) is 9.47 Å². The van der Waals surface area contributed by atoms with Gasteiger partial charge in [-0.15, -0.1) is 11.8 Å². The topological polar surface area (TPSA) is 64.6 Å². The molecule has 0 aliphatic heterocycles. The fraction of sp³-hybridized carbons (Fsp3) is 0.467. The number of nitrogens with one attached hydrogen (secondary N) is 1. The number of amides is 1. The first-order valence-corrected chi connectivity index (χ1v) is 9.11. The predicted molar refractivity (Wildman–Crippen MR) is 90.7 cm³/mol. The second kappa shape index (κ2) is 10.4. The van der Waals surface area contributed by atoms with Gasteiger partial charge in [-0.3, -0.25) is 4.79 Å². The monoisotopic (exact) mass is 343 g/mol. The van der Waals surface area contributed by atoms with Crippen LogP contribution in [0.2, 0.25) is 0 Å². The molecule has 0 aliphatic rings. The summed E-state index contributed by atoms with van der Waals surface area (Å²) in [6.45, 7) is 0. The minimum atomic E-state index is -0.582. The van der Waals surface area contributed by atoms with E-state index in [-0.39, 0.29) is 11.7 Å². The van der Waals surface area contributed by atoms with Gasteiger partial charge in [-0.25, -0.2) is 4.79 Å². The molecule has 0 aliphatic carbocycles. The molecule has 0 bridgehead atoms. The van der Waals surface area contributed by atoms with E-state index in [9.17, 15) is 9.59 Å². The summed E-state index contributed by atoms with van der Waals surface area (Å²) < 4.78 is 9.80. The number of hydrogen-bond acceptors (Lipinski definition) is 6. The second-order valence-corrected chi connectivity index (χ2v) is 6.42. The first kappa shape index (κ1) is 18.7. The lowest BCUT2D eigenvalue weighted by atomic mass is 10.2. The number of rotatable bonds is 9. The number of esters is 1. The van der Waals surface area contributed by atoms with Crippen LogP contribution < -0.4 is 10.1 Å². The Morgan fingerprint density at radius 3 is 2.45 bits per heavy atom. The molecule has 1 atom stereocenters. The quantitative estimate of drug-likeness (QED) is 0.548. The van der Waals surface area contributed by atoms with Crippen LogP contribution in [-0.4, -0.2) is 49.9 Å². The van der Waals surface area contributed by atoms with Gasteiger partial charge in [0.05, 0.1) is 20.0 Å². The Morgan fingerprint density at radius 2 is 1.91 bits per heavy atom. The predicted octanol–water partition coefficient (Wildman–Crippen LogP) is 2.20. The third kappa shape index (κ3) is 6.62. The average molecular weight is 343 g/mol. The van der Waals surface area contributed by atoms with Crippen LogP contribution in [0.15, 0.2) is 29.2 Å². The van der Waals surface area contributed by atoms with Gasteiger partial charge < -0.3 is 14.8 Å². The molecule has 1 aromatic carbocycles. The summed E-state index contributed by atoms with van der Waals surface area (Å²) in [5, 5.41) is 2.72. The molecule has 1 rings (SSSR count). The van der Waals surface area contributed by atoms with Crippen LogP contribution in [0.3, 0.4) is 0 Å². The fourth-order valence-corrected chi connectivity index (χ4v) is 2.86. The zero-order valence-corrected chi connectivity index (χ0v) is 14.6. The molecule has 0 spiro atoms. The second-order valence-electron chi connectivity index (χ2n) is 4.39. The number of ether oxygens (including phenoxy) is 2. The minimum absolute atomic E-state index is 0.183. The van der Waals surface area contributed by atoms with Gasteiger partial charge in [-0.2, -0.15) is 11.8 Å². The smallest absolute Gasteiger partial charge is 0.328 e. The van der Waals surface area contributed by atoms with Crippen LogP contribution in [0.25, 0.3) is 0 Å². The van der Waals surface area contributed by atoms with E-state index in [0.29, 0.717) is 6.42 Å². The molecule has 0 radical (unpaired) electrons. The van der Waals surface area contributed by atoms with Gasteiger partial charge in [0.25, 0.3) is 0 Å². The molecular weight excluding hydrogens is 322 g/mol. The Labute approximate surface area is 139 Å². The zero-order valence-electron chi connectivity index (χ0n) is 13.0. The highest BCUT2D eigenvalue weighted by atomic mass is 32.2. The fourth-order valence-electron chi connectivity index (χ4n) is 1.68. The Morgan fingerprint density at radius 1 is 1.23 bits per heavy atom. The Bertz CT molecular complexity index is 479. The summed E-state index contributed by atoms with van der Waals surface area (Å²) in [5.74, 6) is 1.22. The molecule has 0 saturated heterocycles. The average Bonchev–Trinajstić information content (AvgIpc) is 2.56. The van der Waals surface area contributed by atoms with E-state index >= 15 is 0 Å². The van der Waals surface area contributed by atoms with E-state index in [0.717, 1.165) is 16.4 Å².